The third-order valence-corrected chi connectivity index (χ3v) is 3.52. The molecule has 0 bridgehead atoms. The Hall–Kier alpha value is -1.90. The number of hydrazine groups is 1. The summed E-state index contributed by atoms with van der Waals surface area (Å²) in [6.07, 6.45) is 3.68. The van der Waals surface area contributed by atoms with Gasteiger partial charge in [0.25, 0.3) is 5.91 Å². The SMILES string of the molecule is NNC(=O)c1cc[n+](Cc2ccc3nsnc3c2)cc1.[Br-]. The summed E-state index contributed by atoms with van der Waals surface area (Å²) in [5, 5.41) is 0. The number of rotatable bonds is 3. The van der Waals surface area contributed by atoms with Gasteiger partial charge in [-0.2, -0.15) is 8.75 Å². The number of halogens is 1. The van der Waals surface area contributed by atoms with E-state index >= 15 is 0 Å². The first-order chi connectivity index (χ1) is 9.76. The first kappa shape index (κ1) is 15.5. The number of aromatic nitrogens is 3. The van der Waals surface area contributed by atoms with Crippen molar-refractivity contribution in [2.24, 2.45) is 5.84 Å². The van der Waals surface area contributed by atoms with Gasteiger partial charge in [0.15, 0.2) is 18.9 Å². The molecule has 1 aromatic carbocycles. The van der Waals surface area contributed by atoms with E-state index in [1.807, 2.05) is 35.2 Å². The maximum absolute atomic E-state index is 11.3. The van der Waals surface area contributed by atoms with Gasteiger partial charge in [-0.3, -0.25) is 10.2 Å². The summed E-state index contributed by atoms with van der Waals surface area (Å²) < 4.78 is 10.4. The molecule has 1 amide bonds. The molecule has 2 aromatic heterocycles. The van der Waals surface area contributed by atoms with Gasteiger partial charge in [-0.25, -0.2) is 10.4 Å². The van der Waals surface area contributed by atoms with Crippen molar-refractivity contribution < 1.29 is 26.3 Å². The van der Waals surface area contributed by atoms with E-state index in [0.29, 0.717) is 12.1 Å². The molecule has 21 heavy (non-hydrogen) atoms. The van der Waals surface area contributed by atoms with Crippen molar-refractivity contribution in [3.8, 4) is 0 Å². The quantitative estimate of drug-likeness (QED) is 0.235. The molecule has 0 fully saturated rings. The second kappa shape index (κ2) is 6.70. The van der Waals surface area contributed by atoms with Crippen LogP contribution in [0, 0.1) is 0 Å². The molecule has 2 heterocycles. The van der Waals surface area contributed by atoms with Crippen LogP contribution in [0.4, 0.5) is 0 Å². The summed E-state index contributed by atoms with van der Waals surface area (Å²) in [4.78, 5) is 11.3. The first-order valence-electron chi connectivity index (χ1n) is 5.97. The number of nitrogens with zero attached hydrogens (tertiary/aromatic N) is 3. The minimum atomic E-state index is -0.299. The Labute approximate surface area is 135 Å². The fraction of sp³-hybridized carbons (Fsp3) is 0.0769. The lowest BCUT2D eigenvalue weighted by molar-refractivity contribution is -0.688. The first-order valence-corrected chi connectivity index (χ1v) is 6.70. The lowest BCUT2D eigenvalue weighted by Crippen LogP contribution is -3.00. The van der Waals surface area contributed by atoms with Crippen LogP contribution in [-0.4, -0.2) is 14.7 Å². The van der Waals surface area contributed by atoms with Gasteiger partial charge in [0.1, 0.15) is 11.0 Å². The monoisotopic (exact) mass is 365 g/mol. The van der Waals surface area contributed by atoms with Crippen LogP contribution in [0.15, 0.2) is 42.7 Å². The Kier molecular flexibility index (Phi) is 4.94. The molecule has 108 valence electrons. The van der Waals surface area contributed by atoms with Crippen molar-refractivity contribution in [2.75, 3.05) is 0 Å². The van der Waals surface area contributed by atoms with E-state index in [-0.39, 0.29) is 22.9 Å². The molecule has 8 heteroatoms. The van der Waals surface area contributed by atoms with E-state index < -0.39 is 0 Å². The standard InChI is InChI=1S/C13H11N5OS.BrH/c14-15-13(19)10-3-5-18(6-4-10)8-9-1-2-11-12(7-9)17-20-16-11;/h1-7,14,19H,8H2;1H. The molecule has 6 nitrogen and oxygen atoms in total. The Morgan fingerprint density at radius 2 is 1.90 bits per heavy atom. The van der Waals surface area contributed by atoms with Crippen LogP contribution < -0.4 is 32.8 Å². The molecule has 3 aromatic rings. The van der Waals surface area contributed by atoms with Crippen LogP contribution >= 0.6 is 11.7 Å². The highest BCUT2D eigenvalue weighted by Gasteiger charge is 2.08. The van der Waals surface area contributed by atoms with Crippen LogP contribution in [0.25, 0.3) is 11.0 Å². The third-order valence-electron chi connectivity index (χ3n) is 2.97. The van der Waals surface area contributed by atoms with E-state index in [1.54, 1.807) is 12.1 Å². The predicted octanol–water partition coefficient (Wildman–Crippen LogP) is -2.37. The molecule has 0 aliphatic carbocycles. The van der Waals surface area contributed by atoms with Crippen molar-refractivity contribution in [2.45, 2.75) is 6.54 Å². The molecule has 0 atom stereocenters. The fourth-order valence-corrected chi connectivity index (χ4v) is 2.45. The number of carbonyl (C=O) groups is 1. The molecule has 0 radical (unpaired) electrons. The van der Waals surface area contributed by atoms with Crippen molar-refractivity contribution in [1.82, 2.24) is 14.2 Å². The van der Waals surface area contributed by atoms with E-state index in [0.717, 1.165) is 16.6 Å². The van der Waals surface area contributed by atoms with E-state index in [9.17, 15) is 4.79 Å². The van der Waals surface area contributed by atoms with E-state index in [1.165, 1.54) is 11.7 Å². The largest absolute Gasteiger partial charge is 1.00 e. The summed E-state index contributed by atoms with van der Waals surface area (Å²) in [5.74, 6) is 4.79. The summed E-state index contributed by atoms with van der Waals surface area (Å²) in [5.41, 5.74) is 5.59. The van der Waals surface area contributed by atoms with Crippen LogP contribution in [0.2, 0.25) is 0 Å². The fourth-order valence-electron chi connectivity index (χ4n) is 1.93. The molecular formula is C13H12BrN5OS. The van der Waals surface area contributed by atoms with Gasteiger partial charge in [-0.15, -0.1) is 0 Å². The second-order valence-electron chi connectivity index (χ2n) is 4.32. The molecular weight excluding hydrogens is 354 g/mol. The minimum absolute atomic E-state index is 0. The summed E-state index contributed by atoms with van der Waals surface area (Å²) in [6.45, 7) is 0.706. The zero-order valence-corrected chi connectivity index (χ0v) is 13.3. The highest BCUT2D eigenvalue weighted by molar-refractivity contribution is 7.00. The van der Waals surface area contributed by atoms with Crippen molar-refractivity contribution in [1.29, 1.82) is 0 Å². The Morgan fingerprint density at radius 3 is 2.62 bits per heavy atom. The van der Waals surface area contributed by atoms with E-state index in [2.05, 4.69) is 14.2 Å². The summed E-state index contributed by atoms with van der Waals surface area (Å²) in [6, 6.07) is 9.46. The minimum Gasteiger partial charge on any atom is -1.00 e. The molecule has 0 saturated carbocycles. The van der Waals surface area contributed by atoms with Gasteiger partial charge in [-0.05, 0) is 12.1 Å². The number of carbonyl (C=O) groups excluding carboxylic acids is 1. The molecule has 3 N–H and O–H groups in total. The molecule has 0 saturated heterocycles. The Balaban J connectivity index is 0.00000161. The number of nitrogens with one attached hydrogen (secondary N) is 1. The topological polar surface area (TPSA) is 84.8 Å². The summed E-state index contributed by atoms with van der Waals surface area (Å²) >= 11 is 1.21. The van der Waals surface area contributed by atoms with Gasteiger partial charge in [-0.1, -0.05) is 6.07 Å². The number of fused-ring (bicyclic) bond motifs is 1. The number of hydrogen-bond acceptors (Lipinski definition) is 5. The van der Waals surface area contributed by atoms with Crippen molar-refractivity contribution in [3.05, 3.63) is 53.9 Å². The maximum Gasteiger partial charge on any atom is 0.265 e. The average Bonchev–Trinajstić information content (AvgIpc) is 2.95. The number of benzene rings is 1. The van der Waals surface area contributed by atoms with Crippen LogP contribution in [0.5, 0.6) is 0 Å². The number of pyridine rings is 1. The lowest BCUT2D eigenvalue weighted by Gasteiger charge is -2.00. The Morgan fingerprint density at radius 1 is 1.19 bits per heavy atom. The maximum atomic E-state index is 11.3. The lowest BCUT2D eigenvalue weighted by atomic mass is 10.2. The third kappa shape index (κ3) is 3.41. The smallest absolute Gasteiger partial charge is 0.265 e. The second-order valence-corrected chi connectivity index (χ2v) is 4.85. The van der Waals surface area contributed by atoms with E-state index in [4.69, 9.17) is 5.84 Å². The highest BCUT2D eigenvalue weighted by Crippen LogP contribution is 2.13. The predicted molar refractivity (Wildman–Crippen MR) is 74.8 cm³/mol. The molecule has 0 spiro atoms. The van der Waals surface area contributed by atoms with Gasteiger partial charge in [0.2, 0.25) is 0 Å². The van der Waals surface area contributed by atoms with Gasteiger partial charge in [0, 0.05) is 17.7 Å². The molecule has 0 aliphatic heterocycles. The zero-order valence-electron chi connectivity index (χ0n) is 10.9. The van der Waals surface area contributed by atoms with Gasteiger partial charge < -0.3 is 17.0 Å². The molecule has 0 unspecified atom stereocenters. The van der Waals surface area contributed by atoms with Crippen LogP contribution in [0.1, 0.15) is 15.9 Å². The van der Waals surface area contributed by atoms with Gasteiger partial charge >= 0.3 is 0 Å². The van der Waals surface area contributed by atoms with Gasteiger partial charge in [0.05, 0.1) is 17.3 Å². The van der Waals surface area contributed by atoms with Crippen LogP contribution in [0.3, 0.4) is 0 Å². The highest BCUT2D eigenvalue weighted by atomic mass is 79.9. The normalized spacial score (nSPS) is 10.1. The average molecular weight is 366 g/mol. The Bertz CT molecular complexity index is 759. The number of amides is 1. The van der Waals surface area contributed by atoms with Crippen LogP contribution in [-0.2, 0) is 6.54 Å². The molecule has 3 rings (SSSR count). The number of nitrogens with two attached hydrogens (primary N) is 1. The molecule has 0 aliphatic rings. The van der Waals surface area contributed by atoms with Crippen molar-refractivity contribution in [3.63, 3.8) is 0 Å². The number of hydrogen-bond donors (Lipinski definition) is 2. The summed E-state index contributed by atoms with van der Waals surface area (Å²) in [7, 11) is 0. The number of nitrogen functional groups attached to an aromatic ring is 1. The van der Waals surface area contributed by atoms with Crippen molar-refractivity contribution >= 4 is 28.7 Å². The zero-order chi connectivity index (χ0) is 13.9.